The average Bonchev–Trinajstić information content (AvgIpc) is 3.18. The van der Waals surface area contributed by atoms with Gasteiger partial charge in [-0.15, -0.1) is 11.3 Å². The van der Waals surface area contributed by atoms with E-state index >= 15 is 0 Å². The molecule has 30 heavy (non-hydrogen) atoms. The van der Waals surface area contributed by atoms with E-state index in [0.717, 1.165) is 36.3 Å². The van der Waals surface area contributed by atoms with Crippen LogP contribution in [0.2, 0.25) is 0 Å². The summed E-state index contributed by atoms with van der Waals surface area (Å²) in [5.41, 5.74) is 1.54. The maximum atomic E-state index is 12.6. The molecule has 8 heteroatoms. The molecule has 2 aromatic rings. The summed E-state index contributed by atoms with van der Waals surface area (Å²) in [4.78, 5) is 29.9. The maximum absolute atomic E-state index is 12.6. The molecule has 2 amide bonds. The van der Waals surface area contributed by atoms with Crippen LogP contribution in [0.3, 0.4) is 0 Å². The summed E-state index contributed by atoms with van der Waals surface area (Å²) >= 11 is 1.33. The standard InChI is InChI=1S/C22H29N3O4S/c1-14-19(21(27)24-12-11-23-20(26)15-7-5-4-6-8-15)30-22(25-14)16-9-10-17(28-2)18(13-16)29-3/h9-10,13,15H,4-8,11-12H2,1-3H3,(H,23,26)(H,24,27). The van der Waals surface area contributed by atoms with Gasteiger partial charge in [-0.1, -0.05) is 19.3 Å². The van der Waals surface area contributed by atoms with Crippen molar-refractivity contribution in [2.45, 2.75) is 39.0 Å². The van der Waals surface area contributed by atoms with Gasteiger partial charge in [-0.05, 0) is 38.0 Å². The number of nitrogens with one attached hydrogen (secondary N) is 2. The van der Waals surface area contributed by atoms with E-state index < -0.39 is 0 Å². The number of aryl methyl sites for hydroxylation is 1. The molecule has 3 rings (SSSR count). The molecule has 1 saturated carbocycles. The van der Waals surface area contributed by atoms with E-state index in [1.807, 2.05) is 25.1 Å². The van der Waals surface area contributed by atoms with Crippen molar-refractivity contribution in [3.63, 3.8) is 0 Å². The summed E-state index contributed by atoms with van der Waals surface area (Å²) in [6, 6.07) is 5.56. The predicted molar refractivity (Wildman–Crippen MR) is 117 cm³/mol. The van der Waals surface area contributed by atoms with E-state index in [0.29, 0.717) is 35.2 Å². The van der Waals surface area contributed by atoms with Crippen LogP contribution in [0.25, 0.3) is 10.6 Å². The van der Waals surface area contributed by atoms with E-state index in [-0.39, 0.29) is 17.7 Å². The number of ether oxygens (including phenoxy) is 2. The van der Waals surface area contributed by atoms with Gasteiger partial charge >= 0.3 is 0 Å². The number of rotatable bonds is 8. The van der Waals surface area contributed by atoms with Crippen molar-refractivity contribution in [3.05, 3.63) is 28.8 Å². The third-order valence-corrected chi connectivity index (χ3v) is 6.52. The highest BCUT2D eigenvalue weighted by atomic mass is 32.1. The molecule has 1 heterocycles. The van der Waals surface area contributed by atoms with Gasteiger partial charge in [-0.3, -0.25) is 9.59 Å². The van der Waals surface area contributed by atoms with Crippen LogP contribution in [0, 0.1) is 12.8 Å². The first kappa shape index (κ1) is 22.1. The third-order valence-electron chi connectivity index (χ3n) is 5.32. The molecule has 162 valence electrons. The van der Waals surface area contributed by atoms with Gasteiger partial charge < -0.3 is 20.1 Å². The first-order valence-electron chi connectivity index (χ1n) is 10.3. The zero-order valence-corrected chi connectivity index (χ0v) is 18.6. The predicted octanol–water partition coefficient (Wildman–Crippen LogP) is 3.56. The fraction of sp³-hybridized carbons (Fsp3) is 0.500. The van der Waals surface area contributed by atoms with Crippen molar-refractivity contribution in [1.82, 2.24) is 15.6 Å². The van der Waals surface area contributed by atoms with Gasteiger partial charge in [0.2, 0.25) is 5.91 Å². The summed E-state index contributed by atoms with van der Waals surface area (Å²) in [6.45, 7) is 2.64. The summed E-state index contributed by atoms with van der Waals surface area (Å²) in [6.07, 6.45) is 5.41. The van der Waals surface area contributed by atoms with Gasteiger partial charge in [0.05, 0.1) is 19.9 Å². The fourth-order valence-corrected chi connectivity index (χ4v) is 4.63. The van der Waals surface area contributed by atoms with Gasteiger partial charge in [0, 0.05) is 24.6 Å². The molecule has 1 aromatic heterocycles. The van der Waals surface area contributed by atoms with Gasteiger partial charge in [-0.25, -0.2) is 4.98 Å². The molecule has 0 atom stereocenters. The number of methoxy groups -OCH3 is 2. The molecule has 0 bridgehead atoms. The molecule has 1 aromatic carbocycles. The highest BCUT2D eigenvalue weighted by Crippen LogP contribution is 2.35. The minimum atomic E-state index is -0.177. The Labute approximate surface area is 181 Å². The second kappa shape index (κ2) is 10.4. The number of thiazole rings is 1. The minimum Gasteiger partial charge on any atom is -0.493 e. The second-order valence-electron chi connectivity index (χ2n) is 7.39. The first-order valence-corrected chi connectivity index (χ1v) is 11.1. The van der Waals surface area contributed by atoms with Crippen LogP contribution in [0.4, 0.5) is 0 Å². The molecule has 0 aliphatic heterocycles. The van der Waals surface area contributed by atoms with Gasteiger partial charge in [0.1, 0.15) is 9.88 Å². The Kier molecular flexibility index (Phi) is 7.68. The molecule has 7 nitrogen and oxygen atoms in total. The van der Waals surface area contributed by atoms with Gasteiger partial charge in [-0.2, -0.15) is 0 Å². The number of benzene rings is 1. The smallest absolute Gasteiger partial charge is 0.263 e. The lowest BCUT2D eigenvalue weighted by atomic mass is 9.89. The van der Waals surface area contributed by atoms with Crippen LogP contribution in [0.15, 0.2) is 18.2 Å². The number of aromatic nitrogens is 1. The van der Waals surface area contributed by atoms with E-state index in [4.69, 9.17) is 9.47 Å². The number of carbonyl (C=O) groups is 2. The monoisotopic (exact) mass is 431 g/mol. The van der Waals surface area contributed by atoms with E-state index in [2.05, 4.69) is 15.6 Å². The van der Waals surface area contributed by atoms with Crippen molar-refractivity contribution >= 4 is 23.2 Å². The highest BCUT2D eigenvalue weighted by Gasteiger charge is 2.21. The molecular formula is C22H29N3O4S. The number of nitrogens with zero attached hydrogens (tertiary/aromatic N) is 1. The molecule has 0 saturated heterocycles. The Morgan fingerprint density at radius 2 is 1.77 bits per heavy atom. The topological polar surface area (TPSA) is 89.5 Å². The molecule has 1 aliphatic carbocycles. The normalized spacial score (nSPS) is 14.2. The number of amides is 2. The lowest BCUT2D eigenvalue weighted by Gasteiger charge is -2.20. The summed E-state index contributed by atoms with van der Waals surface area (Å²) in [7, 11) is 3.17. The molecule has 0 spiro atoms. The minimum absolute atomic E-state index is 0.105. The molecule has 1 fully saturated rings. The molecule has 0 radical (unpaired) electrons. The zero-order chi connectivity index (χ0) is 21.5. The molecule has 0 unspecified atom stereocenters. The largest absolute Gasteiger partial charge is 0.493 e. The molecule has 2 N–H and O–H groups in total. The number of hydrogen-bond acceptors (Lipinski definition) is 6. The van der Waals surface area contributed by atoms with E-state index in [1.165, 1.54) is 17.8 Å². The van der Waals surface area contributed by atoms with E-state index in [9.17, 15) is 9.59 Å². The maximum Gasteiger partial charge on any atom is 0.263 e. The quantitative estimate of drug-likeness (QED) is 0.624. The Balaban J connectivity index is 1.55. The van der Waals surface area contributed by atoms with Crippen LogP contribution in [-0.4, -0.2) is 44.1 Å². The van der Waals surface area contributed by atoms with E-state index in [1.54, 1.807) is 14.2 Å². The Morgan fingerprint density at radius 1 is 1.07 bits per heavy atom. The van der Waals surface area contributed by atoms with Crippen molar-refractivity contribution in [2.75, 3.05) is 27.3 Å². The third kappa shape index (κ3) is 5.30. The highest BCUT2D eigenvalue weighted by molar-refractivity contribution is 7.17. The van der Waals surface area contributed by atoms with Crippen LogP contribution in [-0.2, 0) is 4.79 Å². The number of hydrogen-bond donors (Lipinski definition) is 2. The van der Waals surface area contributed by atoms with Gasteiger partial charge in [0.15, 0.2) is 11.5 Å². The lowest BCUT2D eigenvalue weighted by Crippen LogP contribution is -2.38. The second-order valence-corrected chi connectivity index (χ2v) is 8.38. The van der Waals surface area contributed by atoms with Crippen LogP contribution in [0.1, 0.15) is 47.5 Å². The summed E-state index contributed by atoms with van der Waals surface area (Å²) in [5.74, 6) is 1.31. The van der Waals surface area contributed by atoms with Crippen molar-refractivity contribution in [1.29, 1.82) is 0 Å². The fourth-order valence-electron chi connectivity index (χ4n) is 3.65. The van der Waals surface area contributed by atoms with Crippen LogP contribution >= 0.6 is 11.3 Å². The van der Waals surface area contributed by atoms with Crippen LogP contribution in [0.5, 0.6) is 11.5 Å². The lowest BCUT2D eigenvalue weighted by molar-refractivity contribution is -0.125. The van der Waals surface area contributed by atoms with Crippen molar-refractivity contribution in [3.8, 4) is 22.1 Å². The average molecular weight is 432 g/mol. The Hall–Kier alpha value is -2.61. The first-order chi connectivity index (χ1) is 14.5. The molecular weight excluding hydrogens is 402 g/mol. The SMILES string of the molecule is COc1ccc(-c2nc(C)c(C(=O)NCCNC(=O)C3CCCCC3)s2)cc1OC. The van der Waals surface area contributed by atoms with Crippen molar-refractivity contribution < 1.29 is 19.1 Å². The Morgan fingerprint density at radius 3 is 2.47 bits per heavy atom. The van der Waals surface area contributed by atoms with Crippen molar-refractivity contribution in [2.24, 2.45) is 5.92 Å². The number of carbonyl (C=O) groups excluding carboxylic acids is 2. The van der Waals surface area contributed by atoms with Gasteiger partial charge in [0.25, 0.3) is 5.91 Å². The summed E-state index contributed by atoms with van der Waals surface area (Å²) in [5, 5.41) is 6.55. The summed E-state index contributed by atoms with van der Waals surface area (Å²) < 4.78 is 10.6. The zero-order valence-electron chi connectivity index (χ0n) is 17.7. The van der Waals surface area contributed by atoms with Crippen LogP contribution < -0.4 is 20.1 Å². The molecule has 1 aliphatic rings. The Bertz CT molecular complexity index is 891.